The number of anilines is 9. The van der Waals surface area contributed by atoms with Crippen LogP contribution in [0.2, 0.25) is 15.1 Å². The lowest BCUT2D eigenvalue weighted by Gasteiger charge is -2.43. The van der Waals surface area contributed by atoms with E-state index in [2.05, 4.69) is 34.3 Å². The molecule has 0 unspecified atom stereocenters. The first kappa shape index (κ1) is 96.4. The van der Waals surface area contributed by atoms with Gasteiger partial charge in [0.1, 0.15) is 5.75 Å². The number of carbonyl (C=O) groups excluding carboxylic acids is 9. The fraction of sp³-hybridized carbons (Fsp3) is 0.299. The standard InChI is InChI=1S/C33H38ClN3O4.C29H30ClN3O2.C23H22ClN3O3.C22H21N3O3/c1-5-35(6-2)32(39)12-9-21-41-28-19-13-25(14-20-28)33(40)36-23(3)22-31(29-10-7-8-11-30(29)36)37(24(4)38)27-17-15-26(34)16-18-27;1-20-19-28(33(21(2)34)25-15-11-23(30)12-16-25)26-7-3-4-8-27(26)32(20)29(35)22-9-13-24(14-10-22)31-17-5-6-18-31;1-14-12-22(30-25-14)23(29)26-15(2)13-21(19-6-4-5-7-20(19)26)27(16(3)28)18-10-8-17(24)9-11-18;1-15-14-20(25(16(2)26)17-8-4-3-5-9-17)18-10-6-7-11-19(18)24(15)22(27)21-12-13-23-28-21/h7-8,10-11,13-20,23,31H,5-6,9,12,21-22H2,1-4H3;3-4,7-16,20,28H,5-6,17-19H2,1-2H3;4-12,15,21H,13H2,1-3H3;3-13,15,20H,14H2,1-2H3/t23-,31+;20-,28+;15-,21+;15-,20+/m0000/s1. The van der Waals surface area contributed by atoms with Crippen molar-refractivity contribution in [2.45, 2.75) is 176 Å². The van der Waals surface area contributed by atoms with E-state index in [9.17, 15) is 43.2 Å². The van der Waals surface area contributed by atoms with Crippen LogP contribution in [-0.2, 0) is 24.0 Å². The number of hydrogen-bond acceptors (Lipinski definition) is 15. The Hall–Kier alpha value is -13.7. The smallest absolute Gasteiger partial charge is 0.297 e. The molecular formula is C107H111Cl3N12O12. The van der Waals surface area contributed by atoms with Crippen molar-refractivity contribution in [1.82, 2.24) is 15.2 Å². The Balaban J connectivity index is 0.000000145. The molecule has 5 aliphatic rings. The van der Waals surface area contributed by atoms with Crippen LogP contribution in [-0.4, -0.2) is 125 Å². The minimum absolute atomic E-state index is 0.0164. The molecule has 692 valence electrons. The van der Waals surface area contributed by atoms with Gasteiger partial charge in [0, 0.05) is 174 Å². The molecule has 0 bridgehead atoms. The van der Waals surface area contributed by atoms with Crippen molar-refractivity contribution in [2.75, 3.05) is 76.9 Å². The summed E-state index contributed by atoms with van der Waals surface area (Å²) in [6.45, 7) is 24.0. The van der Waals surface area contributed by atoms with Gasteiger partial charge in [-0.25, -0.2) is 0 Å². The zero-order valence-electron chi connectivity index (χ0n) is 77.1. The van der Waals surface area contributed by atoms with E-state index in [0.717, 1.165) is 80.8 Å². The Labute approximate surface area is 797 Å². The lowest BCUT2D eigenvalue weighted by atomic mass is 9.89. The SMILES string of the molecule is CC(=O)N(c1ccc(Cl)cc1)[C@@H]1C[C@H](C)N(C(=O)c2cc(C)no2)c2ccccc21.CC(=O)N(c1ccc(Cl)cc1)[C@@H]1C[C@H](C)N(C(=O)c2ccc(N3CCCC3)cc2)c2ccccc21.CC(=O)N(c1ccccc1)[C@@H]1C[C@H](C)N(C(=O)c2ccno2)c2ccccc21.CCN(CC)C(=O)CCCOc1ccc(C(=O)N2c3ccccc3[C@H](N(C(C)=O)c3ccc(Cl)cc3)C[C@@H]2C)cc1. The van der Waals surface area contributed by atoms with Gasteiger partial charge >= 0.3 is 0 Å². The first-order valence-electron chi connectivity index (χ1n) is 45.5. The number of aromatic nitrogens is 2. The highest BCUT2D eigenvalue weighted by Crippen LogP contribution is 2.49. The second-order valence-electron chi connectivity index (χ2n) is 34.2. The molecule has 12 aromatic rings. The maximum Gasteiger partial charge on any atom is 0.297 e. The molecule has 27 heteroatoms. The lowest BCUT2D eigenvalue weighted by Crippen LogP contribution is -2.47. The predicted molar refractivity (Wildman–Crippen MR) is 528 cm³/mol. The summed E-state index contributed by atoms with van der Waals surface area (Å²) in [4.78, 5) is 135. The van der Waals surface area contributed by atoms with Crippen LogP contribution in [0, 0.1) is 6.92 Å². The molecule has 2 aromatic heterocycles. The van der Waals surface area contributed by atoms with Crippen LogP contribution < -0.4 is 48.8 Å². The van der Waals surface area contributed by atoms with E-state index in [1.54, 1.807) is 127 Å². The van der Waals surface area contributed by atoms with Crippen LogP contribution >= 0.6 is 34.8 Å². The Morgan fingerprint density at radius 1 is 0.396 bits per heavy atom. The van der Waals surface area contributed by atoms with Gasteiger partial charge < -0.3 is 62.8 Å². The van der Waals surface area contributed by atoms with E-state index in [1.807, 2.05) is 235 Å². The fourth-order valence-corrected chi connectivity index (χ4v) is 19.4. The summed E-state index contributed by atoms with van der Waals surface area (Å²) < 4.78 is 16.1. The van der Waals surface area contributed by atoms with Gasteiger partial charge in [0.25, 0.3) is 23.6 Å². The van der Waals surface area contributed by atoms with Crippen molar-refractivity contribution < 1.29 is 56.9 Å². The number of nitrogens with zero attached hydrogens (tertiary/aromatic N) is 12. The quantitative estimate of drug-likeness (QED) is 0.0644. The summed E-state index contributed by atoms with van der Waals surface area (Å²) >= 11 is 18.2. The highest BCUT2D eigenvalue weighted by Gasteiger charge is 2.44. The maximum absolute atomic E-state index is 13.8. The summed E-state index contributed by atoms with van der Waals surface area (Å²) in [5.74, 6) is 0.367. The number of carbonyl (C=O) groups is 9. The maximum atomic E-state index is 13.8. The van der Waals surface area contributed by atoms with E-state index in [0.29, 0.717) is 95.9 Å². The minimum atomic E-state index is -0.241. The summed E-state index contributed by atoms with van der Waals surface area (Å²) in [6, 6.07) is 79.5. The molecular weight excluding hydrogens is 1750 g/mol. The van der Waals surface area contributed by atoms with Gasteiger partial charge in [-0.3, -0.25) is 43.2 Å². The molecule has 0 N–H and O–H groups in total. The van der Waals surface area contributed by atoms with Gasteiger partial charge in [-0.05, 0) is 273 Å². The molecule has 134 heavy (non-hydrogen) atoms. The van der Waals surface area contributed by atoms with Crippen LogP contribution in [0.15, 0.2) is 276 Å². The highest BCUT2D eigenvalue weighted by atomic mass is 35.5. The second kappa shape index (κ2) is 43.8. The molecule has 1 saturated heterocycles. The van der Waals surface area contributed by atoms with Gasteiger partial charge in [-0.15, -0.1) is 0 Å². The van der Waals surface area contributed by atoms with Crippen molar-refractivity contribution >= 4 is 139 Å². The minimum Gasteiger partial charge on any atom is -0.494 e. The zero-order valence-corrected chi connectivity index (χ0v) is 79.4. The van der Waals surface area contributed by atoms with E-state index in [4.69, 9.17) is 48.6 Å². The van der Waals surface area contributed by atoms with Crippen molar-refractivity contribution in [3.05, 3.63) is 333 Å². The number of hydrogen-bond donors (Lipinski definition) is 0. The van der Waals surface area contributed by atoms with Gasteiger partial charge in [-0.2, -0.15) is 0 Å². The third kappa shape index (κ3) is 21.6. The first-order valence-corrected chi connectivity index (χ1v) is 46.7. The normalized spacial score (nSPS) is 17.9. The molecule has 1 fully saturated rings. The predicted octanol–water partition coefficient (Wildman–Crippen LogP) is 22.8. The van der Waals surface area contributed by atoms with Crippen molar-refractivity contribution in [3.8, 4) is 5.75 Å². The Bertz CT molecular complexity index is 6140. The number of aryl methyl sites for hydroxylation is 1. The molecule has 7 heterocycles. The Morgan fingerprint density at radius 2 is 0.731 bits per heavy atom. The van der Waals surface area contributed by atoms with Gasteiger partial charge in [0.2, 0.25) is 41.1 Å². The topological polar surface area (TPSA) is 247 Å². The van der Waals surface area contributed by atoms with Crippen LogP contribution in [0.3, 0.4) is 0 Å². The van der Waals surface area contributed by atoms with E-state index < -0.39 is 0 Å². The van der Waals surface area contributed by atoms with Crippen LogP contribution in [0.1, 0.15) is 215 Å². The van der Waals surface area contributed by atoms with Crippen LogP contribution in [0.25, 0.3) is 0 Å². The first-order chi connectivity index (χ1) is 64.6. The summed E-state index contributed by atoms with van der Waals surface area (Å²) in [6.07, 6.45) is 7.40. The number of amides is 9. The van der Waals surface area contributed by atoms with Crippen molar-refractivity contribution in [3.63, 3.8) is 0 Å². The van der Waals surface area contributed by atoms with E-state index >= 15 is 0 Å². The molecule has 17 rings (SSSR count). The summed E-state index contributed by atoms with van der Waals surface area (Å²) in [5.41, 5.74) is 13.2. The Morgan fingerprint density at radius 3 is 1.07 bits per heavy atom. The molecule has 8 atom stereocenters. The van der Waals surface area contributed by atoms with Crippen molar-refractivity contribution in [2.24, 2.45) is 0 Å². The Kier molecular flexibility index (Phi) is 31.5. The van der Waals surface area contributed by atoms with Gasteiger partial charge in [-0.1, -0.05) is 136 Å². The molecule has 0 aliphatic carbocycles. The third-order valence-electron chi connectivity index (χ3n) is 25.2. The number of fused-ring (bicyclic) bond motifs is 4. The van der Waals surface area contributed by atoms with Gasteiger partial charge in [0.15, 0.2) is 0 Å². The van der Waals surface area contributed by atoms with Crippen LogP contribution in [0.5, 0.6) is 5.75 Å². The molecule has 9 amide bonds. The monoisotopic (exact) mass is 1860 g/mol. The number of benzene rings is 10. The van der Waals surface area contributed by atoms with E-state index in [1.165, 1.54) is 24.7 Å². The molecule has 24 nitrogen and oxygen atoms in total. The molecule has 10 aromatic carbocycles. The third-order valence-corrected chi connectivity index (χ3v) is 25.9. The average molecular weight is 1860 g/mol. The number of para-hydroxylation sites is 5. The van der Waals surface area contributed by atoms with Crippen LogP contribution in [0.4, 0.5) is 51.2 Å². The average Bonchev–Trinajstić information content (AvgIpc) is 0.973. The summed E-state index contributed by atoms with van der Waals surface area (Å²) in [7, 11) is 0. The van der Waals surface area contributed by atoms with Crippen molar-refractivity contribution in [1.29, 1.82) is 0 Å². The molecule has 0 saturated carbocycles. The number of rotatable bonds is 20. The molecule has 0 radical (unpaired) electrons. The number of ether oxygens (including phenoxy) is 1. The zero-order chi connectivity index (χ0) is 95.1. The highest BCUT2D eigenvalue weighted by molar-refractivity contribution is 6.31. The van der Waals surface area contributed by atoms with Gasteiger partial charge in [0.05, 0.1) is 42.7 Å². The largest absolute Gasteiger partial charge is 0.494 e. The summed E-state index contributed by atoms with van der Waals surface area (Å²) in [5, 5.41) is 9.33. The molecule has 0 spiro atoms. The fourth-order valence-electron chi connectivity index (χ4n) is 19.0. The van der Waals surface area contributed by atoms with E-state index in [-0.39, 0.29) is 113 Å². The second-order valence-corrected chi connectivity index (χ2v) is 35.5. The number of halogens is 3. The lowest BCUT2D eigenvalue weighted by molar-refractivity contribution is -0.131. The molecule has 5 aliphatic heterocycles.